The number of hydrogen-bond acceptors (Lipinski definition) is 2. The van der Waals surface area contributed by atoms with E-state index in [-0.39, 0.29) is 18.7 Å². The van der Waals surface area contributed by atoms with Crippen LogP contribution in [0.2, 0.25) is 0 Å². The number of amides is 1. The first-order chi connectivity index (χ1) is 11.9. The number of imidazole rings is 1. The normalized spacial score (nSPS) is 23.4. The lowest BCUT2D eigenvalue weighted by Crippen LogP contribution is -2.64. The predicted molar refractivity (Wildman–Crippen MR) is 93.8 cm³/mol. The highest BCUT2D eigenvalue weighted by Crippen LogP contribution is 2.57. The van der Waals surface area contributed by atoms with E-state index in [4.69, 9.17) is 0 Å². The third-order valence-electron chi connectivity index (χ3n) is 5.70. The zero-order valence-electron chi connectivity index (χ0n) is 15.3. The van der Waals surface area contributed by atoms with Gasteiger partial charge in [0.15, 0.2) is 0 Å². The van der Waals surface area contributed by atoms with Gasteiger partial charge in [-0.3, -0.25) is 4.57 Å². The summed E-state index contributed by atoms with van der Waals surface area (Å²) < 4.78 is 32.5. The van der Waals surface area contributed by atoms with Gasteiger partial charge in [-0.1, -0.05) is 32.9 Å². The molecule has 26 heavy (non-hydrogen) atoms. The molecule has 2 heterocycles. The highest BCUT2D eigenvalue weighted by molar-refractivity contribution is 5.81. The summed E-state index contributed by atoms with van der Waals surface area (Å²) in [7, 11) is 1.55. The van der Waals surface area contributed by atoms with Crippen LogP contribution in [0.3, 0.4) is 0 Å². The van der Waals surface area contributed by atoms with Gasteiger partial charge in [0.2, 0.25) is 0 Å². The van der Waals surface area contributed by atoms with Gasteiger partial charge in [0.05, 0.1) is 23.0 Å². The van der Waals surface area contributed by atoms with Crippen LogP contribution in [0.15, 0.2) is 23.0 Å². The van der Waals surface area contributed by atoms with Gasteiger partial charge >= 0.3 is 11.8 Å². The number of H-pyrrole nitrogens is 1. The molecular weight excluding hydrogens is 344 g/mol. The van der Waals surface area contributed by atoms with Gasteiger partial charge in [0.1, 0.15) is 0 Å². The number of benzene rings is 1. The summed E-state index contributed by atoms with van der Waals surface area (Å²) >= 11 is 0. The van der Waals surface area contributed by atoms with Gasteiger partial charge in [0.25, 0.3) is 5.92 Å². The summed E-state index contributed by atoms with van der Waals surface area (Å²) in [4.78, 5) is 26.8. The molecular formula is C18H23F2N3O3. The van der Waals surface area contributed by atoms with Gasteiger partial charge in [0, 0.05) is 13.6 Å². The number of halogens is 2. The first kappa shape index (κ1) is 18.4. The van der Waals surface area contributed by atoms with E-state index in [1.807, 2.05) is 0 Å². The number of aromatic amines is 1. The SMILES string of the molecule is Cn1c(=O)[nH]c2cccc(C3(C(C)(C)C)CCN(C(=O)O)CC3(F)F)c21. The van der Waals surface area contributed by atoms with E-state index in [2.05, 4.69) is 4.98 Å². The van der Waals surface area contributed by atoms with E-state index >= 15 is 8.78 Å². The zero-order valence-corrected chi connectivity index (χ0v) is 15.3. The van der Waals surface area contributed by atoms with E-state index in [1.165, 1.54) is 4.57 Å². The van der Waals surface area contributed by atoms with Gasteiger partial charge in [-0.2, -0.15) is 0 Å². The largest absolute Gasteiger partial charge is 0.465 e. The third kappa shape index (κ3) is 2.34. The minimum atomic E-state index is -3.30. The Morgan fingerprint density at radius 3 is 2.50 bits per heavy atom. The van der Waals surface area contributed by atoms with Crippen LogP contribution in [0.5, 0.6) is 0 Å². The second kappa shape index (κ2) is 5.56. The molecule has 1 atom stereocenters. The number of alkyl halides is 2. The van der Waals surface area contributed by atoms with E-state index in [1.54, 1.807) is 46.0 Å². The molecule has 1 aliphatic rings. The van der Waals surface area contributed by atoms with Crippen molar-refractivity contribution in [1.82, 2.24) is 14.5 Å². The fourth-order valence-electron chi connectivity index (χ4n) is 4.41. The van der Waals surface area contributed by atoms with E-state index in [0.717, 1.165) is 4.90 Å². The van der Waals surface area contributed by atoms with Crippen LogP contribution < -0.4 is 5.69 Å². The number of nitrogens with zero attached hydrogens (tertiary/aromatic N) is 2. The number of piperidine rings is 1. The number of aryl methyl sites for hydroxylation is 1. The predicted octanol–water partition coefficient (Wildman–Crippen LogP) is 3.17. The lowest BCUT2D eigenvalue weighted by molar-refractivity contribution is -0.161. The van der Waals surface area contributed by atoms with Crippen molar-refractivity contribution in [3.63, 3.8) is 0 Å². The Bertz CT molecular complexity index is 926. The molecule has 0 bridgehead atoms. The molecule has 2 N–H and O–H groups in total. The number of nitrogens with one attached hydrogen (secondary N) is 1. The van der Waals surface area contributed by atoms with Crippen molar-refractivity contribution in [2.75, 3.05) is 13.1 Å². The summed E-state index contributed by atoms with van der Waals surface area (Å²) in [5.41, 5.74) is -1.55. The van der Waals surface area contributed by atoms with Crippen molar-refractivity contribution < 1.29 is 18.7 Å². The van der Waals surface area contributed by atoms with Crippen LogP contribution in [-0.2, 0) is 12.5 Å². The van der Waals surface area contributed by atoms with E-state index in [9.17, 15) is 14.7 Å². The Labute approximate surface area is 149 Å². The quantitative estimate of drug-likeness (QED) is 0.813. The summed E-state index contributed by atoms with van der Waals surface area (Å²) in [6.07, 6.45) is -1.38. The Hall–Kier alpha value is -2.38. The fourth-order valence-corrected chi connectivity index (χ4v) is 4.41. The van der Waals surface area contributed by atoms with Crippen molar-refractivity contribution in [2.45, 2.75) is 38.5 Å². The molecule has 0 spiro atoms. The van der Waals surface area contributed by atoms with Gasteiger partial charge in [-0.15, -0.1) is 0 Å². The van der Waals surface area contributed by atoms with Crippen molar-refractivity contribution in [2.24, 2.45) is 12.5 Å². The van der Waals surface area contributed by atoms with E-state index < -0.39 is 29.4 Å². The second-order valence-corrected chi connectivity index (χ2v) is 8.00. The Morgan fingerprint density at radius 1 is 1.31 bits per heavy atom. The van der Waals surface area contributed by atoms with E-state index in [0.29, 0.717) is 16.6 Å². The standard InChI is InChI=1S/C18H23F2N3O3/c1-16(2,3)17(8-9-23(15(25)26)10-18(17,19)20)11-6-5-7-12-13(11)22(4)14(24)21-12/h5-7H,8-10H2,1-4H3,(H,21,24)(H,25,26). The average molecular weight is 367 g/mol. The van der Waals surface area contributed by atoms with Crippen LogP contribution in [0.1, 0.15) is 32.8 Å². The van der Waals surface area contributed by atoms with Crippen molar-refractivity contribution in [1.29, 1.82) is 0 Å². The van der Waals surface area contributed by atoms with Crippen LogP contribution in [0.4, 0.5) is 13.6 Å². The Balaban J connectivity index is 2.33. The minimum Gasteiger partial charge on any atom is -0.465 e. The molecule has 0 saturated carbocycles. The highest BCUT2D eigenvalue weighted by atomic mass is 19.3. The van der Waals surface area contributed by atoms with Crippen LogP contribution in [-0.4, -0.2) is 44.7 Å². The number of carboxylic acid groups (broad SMARTS) is 1. The molecule has 142 valence electrons. The Kier molecular flexibility index (Phi) is 3.94. The first-order valence-electron chi connectivity index (χ1n) is 8.46. The molecule has 2 aromatic rings. The molecule has 1 aromatic heterocycles. The van der Waals surface area contributed by atoms with Gasteiger partial charge in [-0.25, -0.2) is 18.4 Å². The van der Waals surface area contributed by atoms with Crippen LogP contribution in [0, 0.1) is 5.41 Å². The maximum atomic E-state index is 15.6. The summed E-state index contributed by atoms with van der Waals surface area (Å²) in [6, 6.07) is 4.97. The molecule has 3 rings (SSSR count). The Morgan fingerprint density at radius 2 is 1.96 bits per heavy atom. The topological polar surface area (TPSA) is 78.3 Å². The average Bonchev–Trinajstić information content (AvgIpc) is 2.80. The first-order valence-corrected chi connectivity index (χ1v) is 8.46. The number of carbonyl (C=O) groups is 1. The molecule has 1 unspecified atom stereocenters. The number of fused-ring (bicyclic) bond motifs is 1. The maximum absolute atomic E-state index is 15.6. The number of aromatic nitrogens is 2. The lowest BCUT2D eigenvalue weighted by Gasteiger charge is -2.54. The van der Waals surface area contributed by atoms with Crippen molar-refractivity contribution >= 4 is 17.1 Å². The number of hydrogen-bond donors (Lipinski definition) is 2. The molecule has 1 amide bonds. The monoisotopic (exact) mass is 367 g/mol. The second-order valence-electron chi connectivity index (χ2n) is 8.00. The molecule has 1 saturated heterocycles. The number of para-hydroxylation sites is 1. The van der Waals surface area contributed by atoms with Gasteiger partial charge < -0.3 is 15.0 Å². The molecule has 8 heteroatoms. The smallest absolute Gasteiger partial charge is 0.407 e. The molecule has 0 radical (unpaired) electrons. The summed E-state index contributed by atoms with van der Waals surface area (Å²) in [6.45, 7) is 4.36. The van der Waals surface area contributed by atoms with Crippen LogP contribution >= 0.6 is 0 Å². The number of rotatable bonds is 1. The zero-order chi connectivity index (χ0) is 19.5. The van der Waals surface area contributed by atoms with Crippen molar-refractivity contribution in [3.8, 4) is 0 Å². The lowest BCUT2D eigenvalue weighted by atomic mass is 9.56. The van der Waals surface area contributed by atoms with Crippen LogP contribution in [0.25, 0.3) is 11.0 Å². The molecule has 1 fully saturated rings. The highest BCUT2D eigenvalue weighted by Gasteiger charge is 2.64. The van der Waals surface area contributed by atoms with Gasteiger partial charge in [-0.05, 0) is 23.5 Å². The van der Waals surface area contributed by atoms with Crippen molar-refractivity contribution in [3.05, 3.63) is 34.2 Å². The minimum absolute atomic E-state index is 0.0109. The third-order valence-corrected chi connectivity index (χ3v) is 5.70. The molecule has 1 aliphatic heterocycles. The molecule has 1 aromatic carbocycles. The molecule has 6 nitrogen and oxygen atoms in total. The maximum Gasteiger partial charge on any atom is 0.407 e. The number of likely N-dealkylation sites (tertiary alicyclic amines) is 1. The fraction of sp³-hybridized carbons (Fsp3) is 0.556. The summed E-state index contributed by atoms with van der Waals surface area (Å²) in [5, 5.41) is 9.18. The summed E-state index contributed by atoms with van der Waals surface area (Å²) in [5.74, 6) is -3.30. The molecule has 0 aliphatic carbocycles.